The molecule has 10 nitrogen and oxygen atoms in total. The zero-order valence-electron chi connectivity index (χ0n) is 26.8. The quantitative estimate of drug-likeness (QED) is 0.231. The van der Waals surface area contributed by atoms with Crippen LogP contribution in [0.25, 0.3) is 0 Å². The maximum Gasteiger partial charge on any atom is 0.321 e. The van der Waals surface area contributed by atoms with E-state index in [-0.39, 0.29) is 30.0 Å². The summed E-state index contributed by atoms with van der Waals surface area (Å²) in [5, 5.41) is 13.9. The lowest BCUT2D eigenvalue weighted by Gasteiger charge is -2.19. The maximum absolute atomic E-state index is 14.1. The first kappa shape index (κ1) is 30.9. The number of aliphatic hydroxyl groups is 1. The summed E-state index contributed by atoms with van der Waals surface area (Å²) in [6.07, 6.45) is 9.59. The van der Waals surface area contributed by atoms with E-state index in [0.29, 0.717) is 75.1 Å². The number of aliphatic imine (C=N–C) groups is 3. The van der Waals surface area contributed by atoms with Gasteiger partial charge < -0.3 is 19.9 Å². The highest BCUT2D eigenvalue weighted by atomic mass is 16.5. The minimum atomic E-state index is -1.21. The number of fused-ring (bicyclic) bond motifs is 5. The number of methoxy groups -OCH3 is 2. The number of nitrogens with zero attached hydrogens (tertiary/aromatic N) is 3. The molecule has 0 aromatic rings. The van der Waals surface area contributed by atoms with Crippen LogP contribution >= 0.6 is 0 Å². The highest BCUT2D eigenvalue weighted by molar-refractivity contribution is 6.42. The average molecular weight is 621 g/mol. The molecule has 0 radical (unpaired) electrons. The topological polar surface area (TPSA) is 139 Å². The molecule has 5 aliphatic heterocycles. The number of ketones is 1. The first-order chi connectivity index (χ1) is 22.1. The molecule has 8 bridgehead atoms. The van der Waals surface area contributed by atoms with E-state index in [4.69, 9.17) is 24.5 Å². The van der Waals surface area contributed by atoms with Gasteiger partial charge in [0.25, 0.3) is 0 Å². The Morgan fingerprint density at radius 3 is 2.46 bits per heavy atom. The van der Waals surface area contributed by atoms with Gasteiger partial charge in [0, 0.05) is 51.9 Å². The molecule has 0 aromatic carbocycles. The smallest absolute Gasteiger partial charge is 0.321 e. The summed E-state index contributed by atoms with van der Waals surface area (Å²) >= 11 is 0. The molecule has 0 amide bonds. The van der Waals surface area contributed by atoms with Gasteiger partial charge in [0.2, 0.25) is 0 Å². The van der Waals surface area contributed by atoms with Gasteiger partial charge in [-0.1, -0.05) is 26.5 Å². The van der Waals surface area contributed by atoms with E-state index >= 15 is 0 Å². The van der Waals surface area contributed by atoms with E-state index in [1.807, 2.05) is 45.9 Å². The van der Waals surface area contributed by atoms with Gasteiger partial charge in [-0.3, -0.25) is 14.4 Å². The van der Waals surface area contributed by atoms with Crippen LogP contribution in [0.1, 0.15) is 47.0 Å². The lowest BCUT2D eigenvalue weighted by atomic mass is 9.85. The average Bonchev–Trinajstić information content (AvgIpc) is 3.79. The largest absolute Gasteiger partial charge is 0.515 e. The number of hydrogen-bond acceptors (Lipinski definition) is 10. The second kappa shape index (κ2) is 11.7. The van der Waals surface area contributed by atoms with Crippen LogP contribution in [-0.4, -0.2) is 54.2 Å². The Morgan fingerprint density at radius 1 is 1.04 bits per heavy atom. The van der Waals surface area contributed by atoms with Crippen molar-refractivity contribution in [3.8, 4) is 0 Å². The van der Waals surface area contributed by atoms with Gasteiger partial charge in [0.1, 0.15) is 5.92 Å². The van der Waals surface area contributed by atoms with Crippen LogP contribution in [0, 0.1) is 17.8 Å². The van der Waals surface area contributed by atoms with Crippen LogP contribution in [0.15, 0.2) is 120 Å². The standard InChI is InChI=1S/C36H36N4O6/c1-8-19-16(3)23-12-24-17(4)21(10-11-29(42)45-6)33(39-24)31-32(36(44)46-7)35(43)30-18(5)25(40-34(30)31)13-27-20(9-2)22(15-41)28(38-27)14-26(19)37-23/h8,12-15,17,21,32,39,41H,1,9-11H2,2-7H3/b22-15+,24-12?,25-13?,26-14?,33-31?/t17-,21-,32+/m0/s1. The minimum Gasteiger partial charge on any atom is -0.515 e. The summed E-state index contributed by atoms with van der Waals surface area (Å²) < 4.78 is 10.1. The fraction of sp³-hybridized carbons (Fsp3) is 0.333. The van der Waals surface area contributed by atoms with Crippen molar-refractivity contribution < 1.29 is 29.0 Å². The van der Waals surface area contributed by atoms with Gasteiger partial charge in [-0.2, -0.15) is 0 Å². The Hall–Kier alpha value is -5.12. The predicted molar refractivity (Wildman–Crippen MR) is 175 cm³/mol. The van der Waals surface area contributed by atoms with Gasteiger partial charge in [-0.15, -0.1) is 0 Å². The monoisotopic (exact) mass is 620 g/mol. The first-order valence-electron chi connectivity index (χ1n) is 15.3. The molecule has 5 heterocycles. The van der Waals surface area contributed by atoms with Crippen molar-refractivity contribution in [2.24, 2.45) is 32.7 Å². The molecule has 1 saturated carbocycles. The third-order valence-electron chi connectivity index (χ3n) is 9.62. The number of esters is 2. The number of rotatable bonds is 6. The van der Waals surface area contributed by atoms with Crippen molar-refractivity contribution in [3.05, 3.63) is 105 Å². The van der Waals surface area contributed by atoms with Gasteiger partial charge in [-0.05, 0) is 61.6 Å². The van der Waals surface area contributed by atoms with Crippen molar-refractivity contribution in [2.75, 3.05) is 14.2 Å². The molecule has 3 atom stereocenters. The molecule has 0 aromatic heterocycles. The number of Topliss-reactive ketones (excluding diaryl/α,β-unsaturated/α-hetero) is 1. The van der Waals surface area contributed by atoms with E-state index in [9.17, 15) is 19.5 Å². The van der Waals surface area contributed by atoms with Crippen LogP contribution < -0.4 is 5.32 Å². The fourth-order valence-electron chi connectivity index (χ4n) is 7.09. The molecule has 6 rings (SSSR count). The maximum atomic E-state index is 14.1. The molecule has 6 aliphatic rings. The summed E-state index contributed by atoms with van der Waals surface area (Å²) in [6, 6.07) is 0. The molecular weight excluding hydrogens is 584 g/mol. The number of nitrogens with one attached hydrogen (secondary N) is 1. The van der Waals surface area contributed by atoms with Gasteiger partial charge in [-0.25, -0.2) is 15.0 Å². The van der Waals surface area contributed by atoms with Gasteiger partial charge >= 0.3 is 11.9 Å². The highest BCUT2D eigenvalue weighted by Crippen LogP contribution is 2.47. The summed E-state index contributed by atoms with van der Waals surface area (Å²) in [5.41, 5.74) is 9.56. The number of hydrogen-bond donors (Lipinski definition) is 2. The number of carbonyl (C=O) groups is 3. The predicted octanol–water partition coefficient (Wildman–Crippen LogP) is 5.38. The van der Waals surface area contributed by atoms with E-state index in [1.54, 1.807) is 6.08 Å². The minimum absolute atomic E-state index is 0.139. The molecule has 236 valence electrons. The van der Waals surface area contributed by atoms with Crippen LogP contribution in [0.4, 0.5) is 0 Å². The third kappa shape index (κ3) is 4.62. The second-order valence-electron chi connectivity index (χ2n) is 11.9. The number of aliphatic hydroxyl groups excluding tert-OH is 1. The van der Waals surface area contributed by atoms with Crippen molar-refractivity contribution in [1.29, 1.82) is 0 Å². The molecule has 2 N–H and O–H groups in total. The third-order valence-corrected chi connectivity index (χ3v) is 9.62. The first-order valence-corrected chi connectivity index (χ1v) is 15.3. The summed E-state index contributed by atoms with van der Waals surface area (Å²) in [4.78, 5) is 54.5. The Labute approximate surface area is 267 Å². The van der Waals surface area contributed by atoms with E-state index in [2.05, 4.69) is 11.9 Å². The van der Waals surface area contributed by atoms with Gasteiger partial charge in [0.05, 0.1) is 54.7 Å². The molecule has 2 fully saturated rings. The summed E-state index contributed by atoms with van der Waals surface area (Å²) in [6.45, 7) is 11.8. The van der Waals surface area contributed by atoms with Crippen molar-refractivity contribution in [1.82, 2.24) is 5.32 Å². The number of carbonyl (C=O) groups excluding carboxylic acids is 3. The number of allylic oxidation sites excluding steroid dienone is 11. The summed E-state index contributed by atoms with van der Waals surface area (Å²) in [7, 11) is 2.62. The van der Waals surface area contributed by atoms with Crippen LogP contribution in [0.5, 0.6) is 0 Å². The fourth-order valence-corrected chi connectivity index (χ4v) is 7.09. The molecule has 0 unspecified atom stereocenters. The molecule has 1 saturated heterocycles. The second-order valence-corrected chi connectivity index (χ2v) is 11.9. The molecule has 46 heavy (non-hydrogen) atoms. The lowest BCUT2D eigenvalue weighted by Crippen LogP contribution is -2.26. The molecule has 0 spiro atoms. The van der Waals surface area contributed by atoms with Crippen molar-refractivity contribution >= 4 is 34.9 Å². The Kier molecular flexibility index (Phi) is 7.83. The SMILES string of the molecule is C=CC1=C(C)C2=NC1=CC1=NC(=C(CC)/C1=C\O)C=C1N=C3C(=C1C)C(=O)[C@H](C(=O)OC)C3=C1NC(=C2)[C@@H](C)[C@@H]1CCC(=O)OC. The summed E-state index contributed by atoms with van der Waals surface area (Å²) in [5.74, 6) is -3.02. The van der Waals surface area contributed by atoms with Crippen molar-refractivity contribution in [3.63, 3.8) is 0 Å². The normalized spacial score (nSPS) is 25.8. The zero-order valence-corrected chi connectivity index (χ0v) is 26.8. The number of ether oxygens (including phenoxy) is 2. The molecule has 1 aliphatic carbocycles. The van der Waals surface area contributed by atoms with Gasteiger partial charge in [0.15, 0.2) is 5.78 Å². The van der Waals surface area contributed by atoms with E-state index in [1.165, 1.54) is 14.2 Å². The van der Waals surface area contributed by atoms with Crippen LogP contribution in [-0.2, 0) is 23.9 Å². The highest BCUT2D eigenvalue weighted by Gasteiger charge is 2.51. The Bertz CT molecular complexity index is 1880. The molecular formula is C36H36N4O6. The van der Waals surface area contributed by atoms with Crippen LogP contribution in [0.3, 0.4) is 0 Å². The Morgan fingerprint density at radius 2 is 1.80 bits per heavy atom. The Balaban J connectivity index is 1.67. The van der Waals surface area contributed by atoms with Crippen molar-refractivity contribution in [2.45, 2.75) is 47.0 Å². The van der Waals surface area contributed by atoms with Crippen LogP contribution in [0.2, 0.25) is 0 Å². The molecule has 10 heteroatoms. The van der Waals surface area contributed by atoms with E-state index < -0.39 is 11.9 Å². The zero-order chi connectivity index (χ0) is 33.0. The van der Waals surface area contributed by atoms with E-state index in [0.717, 1.165) is 28.7 Å². The lowest BCUT2D eigenvalue weighted by molar-refractivity contribution is -0.146.